The Kier molecular flexibility index (Phi) is 8.89. The lowest BCUT2D eigenvalue weighted by Crippen LogP contribution is -2.18. The second-order valence-corrected chi connectivity index (χ2v) is 16.2. The van der Waals surface area contributed by atoms with Crippen molar-refractivity contribution in [3.05, 3.63) is 195 Å². The molecular weight excluding hydrogens is 788 g/mol. The van der Waals surface area contributed by atoms with E-state index in [9.17, 15) is 24.3 Å². The minimum atomic E-state index is -1.27. The number of para-hydroxylation sites is 1. The van der Waals surface area contributed by atoms with Crippen molar-refractivity contribution in [1.82, 2.24) is 9.97 Å². The lowest BCUT2D eigenvalue weighted by Gasteiger charge is -2.26. The summed E-state index contributed by atoms with van der Waals surface area (Å²) in [5.74, 6) is -2.02. The number of aromatic nitrogens is 2. The van der Waals surface area contributed by atoms with Crippen molar-refractivity contribution in [2.75, 3.05) is 0 Å². The molecule has 1 N–H and O–H groups in total. The van der Waals surface area contributed by atoms with Crippen LogP contribution in [0.4, 0.5) is 0 Å². The average molecular weight is 821 g/mol. The zero-order chi connectivity index (χ0) is 42.2. The van der Waals surface area contributed by atoms with Gasteiger partial charge in [-0.15, -0.1) is 0 Å². The van der Waals surface area contributed by atoms with Gasteiger partial charge in [0.1, 0.15) is 46.3 Å². The van der Waals surface area contributed by atoms with Crippen LogP contribution >= 0.6 is 11.6 Å². The fourth-order valence-electron chi connectivity index (χ4n) is 8.31. The highest BCUT2D eigenvalue weighted by molar-refractivity contribution is 6.32. The average Bonchev–Trinajstić information content (AvgIpc) is 3.66. The molecule has 0 bridgehead atoms. The zero-order valence-electron chi connectivity index (χ0n) is 32.7. The molecule has 2 aromatic heterocycles. The first-order valence-electron chi connectivity index (χ1n) is 19.6. The topological polar surface area (TPSA) is 133 Å². The normalized spacial score (nSPS) is 16.0. The van der Waals surface area contributed by atoms with Gasteiger partial charge >= 0.3 is 0 Å². The highest BCUT2D eigenvalue weighted by Gasteiger charge is 2.43. The smallest absolute Gasteiger partial charge is 0.180 e. The largest absolute Gasteiger partial charge is 0.506 e. The summed E-state index contributed by atoms with van der Waals surface area (Å²) in [7, 11) is 0. The summed E-state index contributed by atoms with van der Waals surface area (Å²) in [6, 6.07) is 42.8. The summed E-state index contributed by atoms with van der Waals surface area (Å²) in [6.07, 6.45) is 0. The lowest BCUT2D eigenvalue weighted by atomic mass is 9.78. The molecule has 0 spiro atoms. The van der Waals surface area contributed by atoms with Crippen molar-refractivity contribution in [2.45, 2.75) is 31.1 Å². The maximum Gasteiger partial charge on any atom is 0.180 e. The fourth-order valence-corrected chi connectivity index (χ4v) is 8.49. The van der Waals surface area contributed by atoms with Gasteiger partial charge in [-0.2, -0.15) is 0 Å². The van der Waals surface area contributed by atoms with E-state index in [1.807, 2.05) is 78.9 Å². The Labute approximate surface area is 354 Å². The number of hydrogen-bond acceptors (Lipinski definition) is 9. The van der Waals surface area contributed by atoms with Gasteiger partial charge in [-0.1, -0.05) is 74.0 Å². The van der Waals surface area contributed by atoms with Crippen LogP contribution in [0.25, 0.3) is 21.8 Å². The Morgan fingerprint density at radius 3 is 1.66 bits per heavy atom. The quantitative estimate of drug-likeness (QED) is 0.149. The molecular formula is C51H33ClN2O7. The second kappa shape index (κ2) is 14.4. The Balaban J connectivity index is 0.811. The molecule has 10 heteroatoms. The van der Waals surface area contributed by atoms with Crippen molar-refractivity contribution in [1.29, 1.82) is 0 Å². The number of carbonyl (C=O) groups excluding carboxylic acids is 4. The van der Waals surface area contributed by atoms with Gasteiger partial charge in [-0.25, -0.2) is 4.98 Å². The van der Waals surface area contributed by atoms with Gasteiger partial charge in [-0.3, -0.25) is 24.2 Å². The maximum atomic E-state index is 13.6. The molecule has 10 rings (SSSR count). The molecule has 296 valence electrons. The first kappa shape index (κ1) is 37.8. The molecule has 2 aliphatic carbocycles. The van der Waals surface area contributed by atoms with Crippen molar-refractivity contribution in [3.8, 4) is 28.7 Å². The van der Waals surface area contributed by atoms with E-state index in [4.69, 9.17) is 21.1 Å². The number of aromatic hydroxyl groups is 1. The predicted molar refractivity (Wildman–Crippen MR) is 231 cm³/mol. The molecule has 61 heavy (non-hydrogen) atoms. The Morgan fingerprint density at radius 2 is 1.03 bits per heavy atom. The Morgan fingerprint density at radius 1 is 0.508 bits per heavy atom. The fraction of sp³-hybridized carbons (Fsp3) is 0.0980. The summed E-state index contributed by atoms with van der Waals surface area (Å²) in [5, 5.41) is 12.8. The van der Waals surface area contributed by atoms with Gasteiger partial charge < -0.3 is 14.6 Å². The van der Waals surface area contributed by atoms with E-state index < -0.39 is 28.8 Å². The molecule has 2 unspecified atom stereocenters. The molecule has 0 saturated carbocycles. The summed E-state index contributed by atoms with van der Waals surface area (Å²) in [4.78, 5) is 63.1. The number of nitrogens with zero attached hydrogens (tertiary/aromatic N) is 2. The van der Waals surface area contributed by atoms with Crippen molar-refractivity contribution in [2.24, 2.45) is 0 Å². The van der Waals surface area contributed by atoms with Gasteiger partial charge in [0, 0.05) is 43.5 Å². The third-order valence-electron chi connectivity index (χ3n) is 11.7. The molecule has 6 aromatic carbocycles. The second-order valence-electron chi connectivity index (χ2n) is 15.8. The van der Waals surface area contributed by atoms with Gasteiger partial charge in [-0.05, 0) is 108 Å². The first-order chi connectivity index (χ1) is 29.4. The molecule has 8 aromatic rings. The minimum absolute atomic E-state index is 0.00375. The molecule has 0 radical (unpaired) electrons. The number of Topliss-reactive ketones (excluding diaryl/α,β-unsaturated/α-hetero) is 4. The molecule has 0 aliphatic heterocycles. The van der Waals surface area contributed by atoms with E-state index in [1.54, 1.807) is 60.7 Å². The molecule has 2 heterocycles. The standard InChI is InChI=1S/C51H33ClN2O7/c1-51(2,29-8-13-32(14-9-29)60-34-17-19-36-38(25-34)49(58)44(47(36)56)42-21-7-27-5-3-4-6-40(27)53-42)30-10-15-33(16-11-30)61-35-18-20-37-39(26-35)50(59)45(48(37)57)46-43(55)24-28-23-31(52)12-22-41(28)54-46/h3-26,44-45,55H,1-2H3. The monoisotopic (exact) mass is 820 g/mol. The third kappa shape index (κ3) is 6.50. The molecule has 2 atom stereocenters. The number of halogens is 1. The number of pyridine rings is 2. The Bertz CT molecular complexity index is 3180. The van der Waals surface area contributed by atoms with Gasteiger partial charge in [0.15, 0.2) is 23.1 Å². The molecule has 0 fully saturated rings. The molecule has 9 nitrogen and oxygen atoms in total. The van der Waals surface area contributed by atoms with Crippen LogP contribution in [0.15, 0.2) is 146 Å². The first-order valence-corrected chi connectivity index (χ1v) is 20.0. The van der Waals surface area contributed by atoms with Crippen LogP contribution in [0.5, 0.6) is 28.7 Å². The van der Waals surface area contributed by atoms with Crippen molar-refractivity contribution >= 4 is 56.5 Å². The highest BCUT2D eigenvalue weighted by atomic mass is 35.5. The van der Waals surface area contributed by atoms with E-state index in [1.165, 1.54) is 6.07 Å². The van der Waals surface area contributed by atoms with Crippen molar-refractivity contribution < 1.29 is 33.8 Å². The number of rotatable bonds is 8. The maximum absolute atomic E-state index is 13.6. The number of carbonyl (C=O) groups is 4. The predicted octanol–water partition coefficient (Wildman–Crippen LogP) is 11.4. The van der Waals surface area contributed by atoms with Gasteiger partial charge in [0.05, 0.1) is 16.7 Å². The summed E-state index contributed by atoms with van der Waals surface area (Å²) >= 11 is 6.09. The van der Waals surface area contributed by atoms with E-state index in [0.29, 0.717) is 55.7 Å². The molecule has 0 saturated heterocycles. The van der Waals surface area contributed by atoms with E-state index in [0.717, 1.165) is 22.0 Å². The van der Waals surface area contributed by atoms with Crippen LogP contribution in [-0.2, 0) is 5.41 Å². The zero-order valence-corrected chi connectivity index (χ0v) is 33.4. The van der Waals surface area contributed by atoms with Crippen LogP contribution < -0.4 is 9.47 Å². The van der Waals surface area contributed by atoms with Crippen molar-refractivity contribution in [3.63, 3.8) is 0 Å². The molecule has 2 aliphatic rings. The van der Waals surface area contributed by atoms with Gasteiger partial charge in [0.25, 0.3) is 0 Å². The van der Waals surface area contributed by atoms with E-state index in [-0.39, 0.29) is 34.1 Å². The number of hydrogen-bond donors (Lipinski definition) is 1. The minimum Gasteiger partial charge on any atom is -0.506 e. The van der Waals surface area contributed by atoms with Crippen LogP contribution in [0.1, 0.15) is 89.6 Å². The third-order valence-corrected chi connectivity index (χ3v) is 11.9. The SMILES string of the molecule is CC(C)(c1ccc(Oc2ccc3c(c2)C(=O)C(c2ccc4ccccc4n2)C3=O)cc1)c1ccc(Oc2ccc3c(c2)C(=O)C(c2nc4ccc(Cl)cc4cc2O)C3=O)cc1. The number of ketones is 4. The highest BCUT2D eigenvalue weighted by Crippen LogP contribution is 2.41. The molecule has 0 amide bonds. The van der Waals surface area contributed by atoms with Crippen LogP contribution in [0.2, 0.25) is 5.02 Å². The van der Waals surface area contributed by atoms with E-state index >= 15 is 0 Å². The van der Waals surface area contributed by atoms with Crippen LogP contribution in [0, 0.1) is 0 Å². The number of benzene rings is 6. The van der Waals surface area contributed by atoms with E-state index in [2.05, 4.69) is 23.8 Å². The summed E-state index contributed by atoms with van der Waals surface area (Å²) in [6.45, 7) is 4.22. The summed E-state index contributed by atoms with van der Waals surface area (Å²) < 4.78 is 12.3. The Hall–Kier alpha value is -7.49. The number of fused-ring (bicyclic) bond motifs is 4. The summed E-state index contributed by atoms with van der Waals surface area (Å²) in [5.41, 5.74) is 4.45. The van der Waals surface area contributed by atoms with Crippen LogP contribution in [-0.4, -0.2) is 38.2 Å². The number of ether oxygens (including phenoxy) is 2. The van der Waals surface area contributed by atoms with Gasteiger partial charge in [0.2, 0.25) is 0 Å². The lowest BCUT2D eigenvalue weighted by molar-refractivity contribution is 0.0871. The van der Waals surface area contributed by atoms with Crippen LogP contribution in [0.3, 0.4) is 0 Å².